The molecule has 0 aliphatic carbocycles. The summed E-state index contributed by atoms with van der Waals surface area (Å²) in [6.07, 6.45) is 6.77. The predicted molar refractivity (Wildman–Crippen MR) is 78.0 cm³/mol. The van der Waals surface area contributed by atoms with Crippen LogP contribution in [0.15, 0.2) is 0 Å². The fourth-order valence-electron chi connectivity index (χ4n) is 3.67. The number of hydrogen-bond donors (Lipinski definition) is 1. The maximum atomic E-state index is 3.51. The number of hydrogen-bond acceptors (Lipinski definition) is 3. The average molecular weight is 253 g/mol. The largest absolute Gasteiger partial charge is 0.317 e. The summed E-state index contributed by atoms with van der Waals surface area (Å²) in [5.74, 6) is 0. The molecule has 0 unspecified atom stereocenters. The summed E-state index contributed by atoms with van der Waals surface area (Å²) in [6.45, 7) is 8.67. The Labute approximate surface area is 113 Å². The zero-order valence-corrected chi connectivity index (χ0v) is 12.5. The van der Waals surface area contributed by atoms with Crippen LogP contribution in [0.1, 0.15) is 39.0 Å². The van der Waals surface area contributed by atoms with Gasteiger partial charge in [0.25, 0.3) is 0 Å². The Kier molecular flexibility index (Phi) is 5.05. The molecule has 0 bridgehead atoms. The first-order chi connectivity index (χ1) is 8.65. The third-order valence-corrected chi connectivity index (χ3v) is 5.31. The Hall–Kier alpha value is -0.120. The van der Waals surface area contributed by atoms with Crippen LogP contribution in [0.4, 0.5) is 0 Å². The Morgan fingerprint density at radius 2 is 1.83 bits per heavy atom. The van der Waals surface area contributed by atoms with Gasteiger partial charge in [0, 0.05) is 12.6 Å². The molecule has 2 heterocycles. The first kappa shape index (κ1) is 14.3. The third kappa shape index (κ3) is 3.46. The van der Waals surface area contributed by atoms with Crippen molar-refractivity contribution in [3.8, 4) is 0 Å². The van der Waals surface area contributed by atoms with Crippen LogP contribution >= 0.6 is 0 Å². The summed E-state index contributed by atoms with van der Waals surface area (Å²) in [5, 5.41) is 3.51. The molecule has 1 N–H and O–H groups in total. The van der Waals surface area contributed by atoms with E-state index in [1.807, 2.05) is 0 Å². The highest BCUT2D eigenvalue weighted by Crippen LogP contribution is 2.34. The number of nitrogens with one attached hydrogen (secondary N) is 1. The zero-order chi connectivity index (χ0) is 13.0. The average Bonchev–Trinajstić information content (AvgIpc) is 2.40. The summed E-state index contributed by atoms with van der Waals surface area (Å²) >= 11 is 0. The molecule has 18 heavy (non-hydrogen) atoms. The summed E-state index contributed by atoms with van der Waals surface area (Å²) in [5.41, 5.74) is 0.587. The summed E-state index contributed by atoms with van der Waals surface area (Å²) in [7, 11) is 4.60. The summed E-state index contributed by atoms with van der Waals surface area (Å²) in [4.78, 5) is 5.13. The van der Waals surface area contributed by atoms with Crippen molar-refractivity contribution >= 4 is 0 Å². The van der Waals surface area contributed by atoms with Crippen LogP contribution in [-0.4, -0.2) is 62.7 Å². The van der Waals surface area contributed by atoms with E-state index in [9.17, 15) is 0 Å². The maximum Gasteiger partial charge on any atom is 0.0117 e. The van der Waals surface area contributed by atoms with Crippen molar-refractivity contribution in [2.75, 3.05) is 46.8 Å². The Balaban J connectivity index is 1.86. The van der Waals surface area contributed by atoms with E-state index in [0.717, 1.165) is 6.04 Å². The fourth-order valence-corrected chi connectivity index (χ4v) is 3.67. The minimum Gasteiger partial charge on any atom is -0.317 e. The van der Waals surface area contributed by atoms with Crippen LogP contribution in [0.3, 0.4) is 0 Å². The van der Waals surface area contributed by atoms with Gasteiger partial charge in [-0.05, 0) is 77.8 Å². The second kappa shape index (κ2) is 6.36. The third-order valence-electron chi connectivity index (χ3n) is 5.31. The minimum absolute atomic E-state index is 0.587. The quantitative estimate of drug-likeness (QED) is 0.824. The summed E-state index contributed by atoms with van der Waals surface area (Å²) in [6, 6.07) is 0.819. The smallest absolute Gasteiger partial charge is 0.0117 e. The molecule has 2 aliphatic heterocycles. The molecule has 0 spiro atoms. The Bertz CT molecular complexity index is 240. The molecule has 106 valence electrons. The van der Waals surface area contributed by atoms with Gasteiger partial charge in [0.05, 0.1) is 0 Å². The normalized spacial score (nSPS) is 26.7. The lowest BCUT2D eigenvalue weighted by Crippen LogP contribution is -2.48. The van der Waals surface area contributed by atoms with E-state index < -0.39 is 0 Å². The van der Waals surface area contributed by atoms with Gasteiger partial charge in [-0.1, -0.05) is 6.92 Å². The van der Waals surface area contributed by atoms with Crippen molar-refractivity contribution in [3.63, 3.8) is 0 Å². The van der Waals surface area contributed by atoms with Gasteiger partial charge in [-0.2, -0.15) is 0 Å². The molecule has 0 amide bonds. The highest BCUT2D eigenvalue weighted by molar-refractivity contribution is 4.88. The van der Waals surface area contributed by atoms with Crippen molar-refractivity contribution in [2.45, 2.75) is 45.1 Å². The van der Waals surface area contributed by atoms with E-state index >= 15 is 0 Å². The molecule has 0 saturated carbocycles. The van der Waals surface area contributed by atoms with E-state index in [2.05, 4.69) is 36.1 Å². The second-order valence-electron chi connectivity index (χ2n) is 6.55. The van der Waals surface area contributed by atoms with Gasteiger partial charge in [-0.25, -0.2) is 0 Å². The Morgan fingerprint density at radius 1 is 1.22 bits per heavy atom. The van der Waals surface area contributed by atoms with E-state index in [0.29, 0.717) is 5.41 Å². The van der Waals surface area contributed by atoms with Gasteiger partial charge in [0.15, 0.2) is 0 Å². The molecule has 2 aliphatic rings. The zero-order valence-electron chi connectivity index (χ0n) is 12.5. The lowest BCUT2D eigenvalue weighted by atomic mass is 9.76. The van der Waals surface area contributed by atoms with Crippen LogP contribution in [-0.2, 0) is 0 Å². The first-order valence-corrected chi connectivity index (χ1v) is 7.75. The molecular formula is C15H31N3. The highest BCUT2D eigenvalue weighted by atomic mass is 15.2. The molecule has 3 nitrogen and oxygen atoms in total. The number of nitrogens with zero attached hydrogens (tertiary/aromatic N) is 2. The topological polar surface area (TPSA) is 18.5 Å². The van der Waals surface area contributed by atoms with Crippen molar-refractivity contribution in [1.29, 1.82) is 0 Å². The van der Waals surface area contributed by atoms with Gasteiger partial charge in [-0.3, -0.25) is 0 Å². The van der Waals surface area contributed by atoms with E-state index in [4.69, 9.17) is 0 Å². The molecule has 0 aromatic carbocycles. The minimum atomic E-state index is 0.587. The number of likely N-dealkylation sites (tertiary alicyclic amines) is 1. The monoisotopic (exact) mass is 253 g/mol. The van der Waals surface area contributed by atoms with Crippen LogP contribution < -0.4 is 5.32 Å². The van der Waals surface area contributed by atoms with Crippen LogP contribution in [0.5, 0.6) is 0 Å². The molecule has 3 heteroatoms. The second-order valence-corrected chi connectivity index (χ2v) is 6.55. The highest BCUT2D eigenvalue weighted by Gasteiger charge is 2.33. The molecule has 0 atom stereocenters. The molecule has 2 rings (SSSR count). The molecular weight excluding hydrogens is 222 g/mol. The van der Waals surface area contributed by atoms with Crippen LogP contribution in [0.25, 0.3) is 0 Å². The van der Waals surface area contributed by atoms with Gasteiger partial charge >= 0.3 is 0 Å². The molecule has 2 fully saturated rings. The molecule has 0 aromatic rings. The van der Waals surface area contributed by atoms with Crippen LogP contribution in [0.2, 0.25) is 0 Å². The fraction of sp³-hybridized carbons (Fsp3) is 1.00. The standard InChI is InChI=1S/C15H31N3/c1-4-15(7-9-16-10-8-15)13-18(3)14-5-11-17(2)12-6-14/h14,16H,4-13H2,1-3H3. The van der Waals surface area contributed by atoms with Crippen molar-refractivity contribution in [2.24, 2.45) is 5.41 Å². The number of rotatable bonds is 4. The van der Waals surface area contributed by atoms with Gasteiger partial charge in [0.1, 0.15) is 0 Å². The van der Waals surface area contributed by atoms with Gasteiger partial charge in [-0.15, -0.1) is 0 Å². The number of piperidine rings is 2. The molecule has 0 aromatic heterocycles. The van der Waals surface area contributed by atoms with Crippen molar-refractivity contribution in [3.05, 3.63) is 0 Å². The maximum absolute atomic E-state index is 3.51. The van der Waals surface area contributed by atoms with Gasteiger partial charge < -0.3 is 15.1 Å². The van der Waals surface area contributed by atoms with E-state index in [-0.39, 0.29) is 0 Å². The Morgan fingerprint density at radius 3 is 2.39 bits per heavy atom. The first-order valence-electron chi connectivity index (χ1n) is 7.75. The molecule has 0 radical (unpaired) electrons. The predicted octanol–water partition coefficient (Wildman–Crippen LogP) is 1.79. The van der Waals surface area contributed by atoms with Gasteiger partial charge in [0.2, 0.25) is 0 Å². The lowest BCUT2D eigenvalue weighted by Gasteiger charge is -2.43. The van der Waals surface area contributed by atoms with E-state index in [1.165, 1.54) is 64.8 Å². The summed E-state index contributed by atoms with van der Waals surface area (Å²) < 4.78 is 0. The van der Waals surface area contributed by atoms with Crippen LogP contribution in [0, 0.1) is 5.41 Å². The molecule has 2 saturated heterocycles. The van der Waals surface area contributed by atoms with Crippen molar-refractivity contribution < 1.29 is 0 Å². The van der Waals surface area contributed by atoms with E-state index in [1.54, 1.807) is 0 Å². The SMILES string of the molecule is CCC1(CN(C)C2CCN(C)CC2)CCNCC1. The lowest BCUT2D eigenvalue weighted by molar-refractivity contribution is 0.0703. The van der Waals surface area contributed by atoms with Crippen molar-refractivity contribution in [1.82, 2.24) is 15.1 Å².